The van der Waals surface area contributed by atoms with Crippen molar-refractivity contribution in [3.63, 3.8) is 0 Å². The number of hydrogen-bond acceptors (Lipinski definition) is 3. The number of ether oxygens (including phenoxy) is 1. The van der Waals surface area contributed by atoms with E-state index in [0.717, 1.165) is 0 Å². The predicted octanol–water partition coefficient (Wildman–Crippen LogP) is 1.65. The van der Waals surface area contributed by atoms with E-state index in [0.29, 0.717) is 0 Å². The summed E-state index contributed by atoms with van der Waals surface area (Å²) in [6.45, 7) is -1.41. The number of hydrogen-bond donors (Lipinski definition) is 1. The highest BCUT2D eigenvalue weighted by atomic mass is 19.4. The summed E-state index contributed by atoms with van der Waals surface area (Å²) in [4.78, 5) is 14.0. The molecule has 1 aromatic rings. The van der Waals surface area contributed by atoms with Crippen LogP contribution >= 0.6 is 0 Å². The van der Waals surface area contributed by atoms with Crippen molar-refractivity contribution in [2.24, 2.45) is 0 Å². The van der Waals surface area contributed by atoms with Crippen molar-refractivity contribution in [2.75, 3.05) is 6.61 Å². The van der Waals surface area contributed by atoms with Crippen molar-refractivity contribution in [3.8, 4) is 5.75 Å². The van der Waals surface area contributed by atoms with Gasteiger partial charge in [-0.05, 0) is 6.07 Å². The number of pyridine rings is 1. The molecule has 0 radical (unpaired) electrons. The third kappa shape index (κ3) is 4.63. The molecule has 0 aromatic carbocycles. The van der Waals surface area contributed by atoms with Gasteiger partial charge in [0, 0.05) is 12.3 Å². The van der Waals surface area contributed by atoms with Gasteiger partial charge in [0.05, 0.1) is 12.1 Å². The van der Waals surface area contributed by atoms with Crippen LogP contribution in [0.3, 0.4) is 0 Å². The highest BCUT2D eigenvalue weighted by Crippen LogP contribution is 2.18. The maximum absolute atomic E-state index is 11.8. The van der Waals surface area contributed by atoms with E-state index in [-0.39, 0.29) is 17.9 Å². The van der Waals surface area contributed by atoms with Crippen LogP contribution in [0.2, 0.25) is 0 Å². The number of aromatic nitrogens is 1. The Morgan fingerprint density at radius 1 is 1.50 bits per heavy atom. The Hall–Kier alpha value is -1.79. The fourth-order valence-corrected chi connectivity index (χ4v) is 0.963. The molecule has 7 heteroatoms. The molecule has 0 amide bonds. The van der Waals surface area contributed by atoms with Crippen molar-refractivity contribution in [1.29, 1.82) is 0 Å². The summed E-state index contributed by atoms with van der Waals surface area (Å²) in [5.41, 5.74) is 0.146. The summed E-state index contributed by atoms with van der Waals surface area (Å²) in [6.07, 6.45) is -3.58. The minimum Gasteiger partial charge on any atom is -0.484 e. The Bertz CT molecular complexity index is 379. The predicted molar refractivity (Wildman–Crippen MR) is 47.1 cm³/mol. The molecule has 1 heterocycles. The first-order valence-corrected chi connectivity index (χ1v) is 4.23. The largest absolute Gasteiger partial charge is 0.484 e. The van der Waals surface area contributed by atoms with E-state index < -0.39 is 18.8 Å². The van der Waals surface area contributed by atoms with E-state index in [1.54, 1.807) is 0 Å². The first-order valence-electron chi connectivity index (χ1n) is 4.23. The van der Waals surface area contributed by atoms with E-state index in [1.165, 1.54) is 18.3 Å². The van der Waals surface area contributed by atoms with Gasteiger partial charge in [-0.1, -0.05) is 0 Å². The van der Waals surface area contributed by atoms with Crippen LogP contribution in [0.15, 0.2) is 18.3 Å². The molecule has 0 aliphatic carbocycles. The Labute approximate surface area is 88.7 Å². The van der Waals surface area contributed by atoms with Crippen LogP contribution in [0.1, 0.15) is 5.69 Å². The van der Waals surface area contributed by atoms with Gasteiger partial charge >= 0.3 is 12.1 Å². The molecular weight excluding hydrogens is 227 g/mol. The van der Waals surface area contributed by atoms with Crippen LogP contribution in [-0.4, -0.2) is 28.8 Å². The molecule has 4 nitrogen and oxygen atoms in total. The number of rotatable bonds is 4. The van der Waals surface area contributed by atoms with Gasteiger partial charge < -0.3 is 9.84 Å². The second kappa shape index (κ2) is 4.82. The van der Waals surface area contributed by atoms with Crippen LogP contribution in [-0.2, 0) is 11.2 Å². The number of aliphatic carboxylic acids is 1. The summed E-state index contributed by atoms with van der Waals surface area (Å²) < 4.78 is 39.9. The van der Waals surface area contributed by atoms with Crippen LogP contribution in [0.4, 0.5) is 13.2 Å². The number of nitrogens with zero attached hydrogens (tertiary/aromatic N) is 1. The second-order valence-corrected chi connectivity index (χ2v) is 2.96. The zero-order valence-corrected chi connectivity index (χ0v) is 7.99. The van der Waals surface area contributed by atoms with Crippen LogP contribution in [0.5, 0.6) is 5.75 Å². The maximum Gasteiger partial charge on any atom is 0.422 e. The van der Waals surface area contributed by atoms with E-state index in [4.69, 9.17) is 5.11 Å². The lowest BCUT2D eigenvalue weighted by Crippen LogP contribution is -2.19. The lowest BCUT2D eigenvalue weighted by Gasteiger charge is -2.09. The van der Waals surface area contributed by atoms with Gasteiger partial charge in [-0.15, -0.1) is 0 Å². The number of carboxylic acids is 1. The highest BCUT2D eigenvalue weighted by Gasteiger charge is 2.28. The molecule has 0 bridgehead atoms. The van der Waals surface area contributed by atoms with Gasteiger partial charge in [0.15, 0.2) is 6.61 Å². The topological polar surface area (TPSA) is 59.4 Å². The highest BCUT2D eigenvalue weighted by molar-refractivity contribution is 5.69. The van der Waals surface area contributed by atoms with Crippen molar-refractivity contribution in [3.05, 3.63) is 24.0 Å². The molecule has 1 aromatic heterocycles. The molecular formula is C9H8F3NO3. The van der Waals surface area contributed by atoms with Crippen molar-refractivity contribution >= 4 is 5.97 Å². The van der Waals surface area contributed by atoms with Gasteiger partial charge in [-0.3, -0.25) is 9.78 Å². The standard InChI is InChI=1S/C9H8F3NO3/c10-9(11,12)5-16-7-1-2-13-6(3-7)4-8(14)15/h1-3H,4-5H2,(H,14,15). The smallest absolute Gasteiger partial charge is 0.422 e. The number of halogens is 3. The van der Waals surface area contributed by atoms with Crippen LogP contribution in [0.25, 0.3) is 0 Å². The van der Waals surface area contributed by atoms with Gasteiger partial charge in [0.2, 0.25) is 0 Å². The fraction of sp³-hybridized carbons (Fsp3) is 0.333. The summed E-state index contributed by atoms with van der Waals surface area (Å²) in [5.74, 6) is -1.16. The molecule has 1 N–H and O–H groups in total. The third-order valence-electron chi connectivity index (χ3n) is 1.52. The van der Waals surface area contributed by atoms with Crippen LogP contribution < -0.4 is 4.74 Å². The molecule has 0 aliphatic heterocycles. The Morgan fingerprint density at radius 3 is 2.75 bits per heavy atom. The Kier molecular flexibility index (Phi) is 3.70. The molecule has 0 saturated heterocycles. The molecule has 0 unspecified atom stereocenters. The summed E-state index contributed by atoms with van der Waals surface area (Å²) in [6, 6.07) is 2.40. The van der Waals surface area contributed by atoms with Crippen molar-refractivity contribution < 1.29 is 27.8 Å². The average molecular weight is 235 g/mol. The molecule has 0 fully saturated rings. The van der Waals surface area contributed by atoms with Gasteiger partial charge in [0.1, 0.15) is 5.75 Å². The van der Waals surface area contributed by atoms with E-state index in [2.05, 4.69) is 9.72 Å². The van der Waals surface area contributed by atoms with Gasteiger partial charge in [0.25, 0.3) is 0 Å². The van der Waals surface area contributed by atoms with Gasteiger partial charge in [-0.25, -0.2) is 0 Å². The van der Waals surface area contributed by atoms with E-state index in [9.17, 15) is 18.0 Å². The number of carboxylic acid groups (broad SMARTS) is 1. The first kappa shape index (κ1) is 12.3. The fourth-order valence-electron chi connectivity index (χ4n) is 0.963. The zero-order chi connectivity index (χ0) is 12.2. The Balaban J connectivity index is 2.64. The van der Waals surface area contributed by atoms with Crippen molar-refractivity contribution in [1.82, 2.24) is 4.98 Å². The maximum atomic E-state index is 11.8. The SMILES string of the molecule is O=C(O)Cc1cc(OCC(F)(F)F)ccn1. The lowest BCUT2D eigenvalue weighted by molar-refractivity contribution is -0.153. The Morgan fingerprint density at radius 2 is 2.19 bits per heavy atom. The second-order valence-electron chi connectivity index (χ2n) is 2.96. The van der Waals surface area contributed by atoms with E-state index in [1.807, 2.05) is 0 Å². The summed E-state index contributed by atoms with van der Waals surface area (Å²) in [5, 5.41) is 8.46. The van der Waals surface area contributed by atoms with Crippen molar-refractivity contribution in [2.45, 2.75) is 12.6 Å². The minimum absolute atomic E-state index is 0.0522. The number of carbonyl (C=O) groups is 1. The zero-order valence-electron chi connectivity index (χ0n) is 7.99. The summed E-state index contributed by atoms with van der Waals surface area (Å²) in [7, 11) is 0. The van der Waals surface area contributed by atoms with Crippen LogP contribution in [0, 0.1) is 0 Å². The molecule has 0 aliphatic rings. The van der Waals surface area contributed by atoms with Gasteiger partial charge in [-0.2, -0.15) is 13.2 Å². The normalized spacial score (nSPS) is 11.2. The third-order valence-corrected chi connectivity index (χ3v) is 1.52. The lowest BCUT2D eigenvalue weighted by atomic mass is 10.2. The molecule has 0 spiro atoms. The van der Waals surface area contributed by atoms with E-state index >= 15 is 0 Å². The summed E-state index contributed by atoms with van der Waals surface area (Å²) >= 11 is 0. The molecule has 0 saturated carbocycles. The monoisotopic (exact) mass is 235 g/mol. The molecule has 88 valence electrons. The number of alkyl halides is 3. The molecule has 0 atom stereocenters. The molecule has 1 rings (SSSR count). The first-order chi connectivity index (χ1) is 7.37. The minimum atomic E-state index is -4.42. The quantitative estimate of drug-likeness (QED) is 0.861. The average Bonchev–Trinajstić information content (AvgIpc) is 2.13. The molecule has 16 heavy (non-hydrogen) atoms.